The fourth-order valence-electron chi connectivity index (χ4n) is 4.97. The lowest BCUT2D eigenvalue weighted by Gasteiger charge is -2.34. The average Bonchev–Trinajstić information content (AvgIpc) is 3.52. The van der Waals surface area contributed by atoms with E-state index in [0.717, 1.165) is 48.1 Å². The molecule has 178 valence electrons. The summed E-state index contributed by atoms with van der Waals surface area (Å²) in [5, 5.41) is 3.21. The van der Waals surface area contributed by atoms with E-state index in [4.69, 9.17) is 9.15 Å². The van der Waals surface area contributed by atoms with Gasteiger partial charge in [0.15, 0.2) is 5.76 Å². The Kier molecular flexibility index (Phi) is 7.06. The Bertz CT molecular complexity index is 1120. The summed E-state index contributed by atoms with van der Waals surface area (Å²) in [6.45, 7) is 5.96. The van der Waals surface area contributed by atoms with Crippen LogP contribution in [0.3, 0.4) is 0 Å². The summed E-state index contributed by atoms with van der Waals surface area (Å²) in [4.78, 5) is 29.4. The first-order valence-corrected chi connectivity index (χ1v) is 11.8. The number of carbonyl (C=O) groups excluding carboxylic acids is 2. The van der Waals surface area contributed by atoms with Gasteiger partial charge in [-0.3, -0.25) is 14.5 Å². The van der Waals surface area contributed by atoms with Crippen molar-refractivity contribution < 1.29 is 18.7 Å². The van der Waals surface area contributed by atoms with Crippen molar-refractivity contribution in [1.29, 1.82) is 0 Å². The van der Waals surface area contributed by atoms with Crippen LogP contribution in [0, 0.1) is 20.8 Å². The monoisotopic (exact) mass is 460 g/mol. The fourth-order valence-corrected chi connectivity index (χ4v) is 4.97. The van der Waals surface area contributed by atoms with Crippen molar-refractivity contribution in [2.75, 3.05) is 12.0 Å². The molecule has 34 heavy (non-hydrogen) atoms. The minimum absolute atomic E-state index is 0.119. The minimum Gasteiger partial charge on any atom is -0.497 e. The summed E-state index contributed by atoms with van der Waals surface area (Å²) in [6, 6.07) is 14.0. The Balaban J connectivity index is 1.87. The van der Waals surface area contributed by atoms with Crippen molar-refractivity contribution >= 4 is 17.5 Å². The highest BCUT2D eigenvalue weighted by molar-refractivity contribution is 6.09. The highest BCUT2D eigenvalue weighted by Gasteiger charge is 2.37. The van der Waals surface area contributed by atoms with Crippen LogP contribution < -0.4 is 15.0 Å². The van der Waals surface area contributed by atoms with Gasteiger partial charge in [-0.2, -0.15) is 0 Å². The zero-order chi connectivity index (χ0) is 24.2. The summed E-state index contributed by atoms with van der Waals surface area (Å²) < 4.78 is 10.8. The van der Waals surface area contributed by atoms with Crippen molar-refractivity contribution in [2.24, 2.45) is 0 Å². The first-order chi connectivity index (χ1) is 16.4. The number of nitrogens with zero attached hydrogens (tertiary/aromatic N) is 1. The van der Waals surface area contributed by atoms with E-state index in [9.17, 15) is 9.59 Å². The molecule has 1 unspecified atom stereocenters. The van der Waals surface area contributed by atoms with E-state index in [2.05, 4.69) is 5.32 Å². The van der Waals surface area contributed by atoms with Gasteiger partial charge in [-0.1, -0.05) is 42.7 Å². The number of ether oxygens (including phenoxy) is 1. The molecule has 1 N–H and O–H groups in total. The topological polar surface area (TPSA) is 71.8 Å². The van der Waals surface area contributed by atoms with Gasteiger partial charge in [0, 0.05) is 6.04 Å². The number of methoxy groups -OCH3 is 1. The first-order valence-electron chi connectivity index (χ1n) is 11.8. The van der Waals surface area contributed by atoms with E-state index in [-0.39, 0.29) is 23.6 Å². The molecule has 0 aliphatic heterocycles. The number of amides is 2. The van der Waals surface area contributed by atoms with Crippen LogP contribution in [0.4, 0.5) is 5.69 Å². The number of hydrogen-bond acceptors (Lipinski definition) is 4. The Morgan fingerprint density at radius 2 is 1.68 bits per heavy atom. The molecular weight excluding hydrogens is 428 g/mol. The second-order valence-corrected chi connectivity index (χ2v) is 9.07. The van der Waals surface area contributed by atoms with Crippen molar-refractivity contribution in [3.05, 3.63) is 82.8 Å². The Hall–Kier alpha value is -3.54. The Morgan fingerprint density at radius 1 is 1.03 bits per heavy atom. The largest absolute Gasteiger partial charge is 0.497 e. The molecule has 0 radical (unpaired) electrons. The molecule has 3 aromatic rings. The lowest BCUT2D eigenvalue weighted by atomic mass is 9.97. The molecule has 1 saturated carbocycles. The van der Waals surface area contributed by atoms with Crippen molar-refractivity contribution in [3.63, 3.8) is 0 Å². The van der Waals surface area contributed by atoms with Gasteiger partial charge >= 0.3 is 0 Å². The van der Waals surface area contributed by atoms with Crippen LogP contribution in [-0.2, 0) is 4.79 Å². The predicted octanol–water partition coefficient (Wildman–Crippen LogP) is 5.66. The molecule has 1 aromatic heterocycles. The van der Waals surface area contributed by atoms with E-state index in [0.29, 0.717) is 11.3 Å². The smallest absolute Gasteiger partial charge is 0.294 e. The normalized spacial score (nSPS) is 14.6. The predicted molar refractivity (Wildman–Crippen MR) is 132 cm³/mol. The number of nitrogens with one attached hydrogen (secondary N) is 1. The van der Waals surface area contributed by atoms with E-state index in [1.54, 1.807) is 24.1 Å². The van der Waals surface area contributed by atoms with Crippen LogP contribution in [-0.4, -0.2) is 25.0 Å². The number of carbonyl (C=O) groups is 2. The molecule has 6 nitrogen and oxygen atoms in total. The van der Waals surface area contributed by atoms with Crippen LogP contribution in [0.15, 0.2) is 59.2 Å². The van der Waals surface area contributed by atoms with E-state index in [1.807, 2.05) is 57.2 Å². The summed E-state index contributed by atoms with van der Waals surface area (Å²) in [7, 11) is 1.60. The molecule has 2 amide bonds. The summed E-state index contributed by atoms with van der Waals surface area (Å²) in [5.74, 6) is 0.315. The van der Waals surface area contributed by atoms with Gasteiger partial charge in [0.1, 0.15) is 11.8 Å². The van der Waals surface area contributed by atoms with Crippen LogP contribution in [0.2, 0.25) is 0 Å². The zero-order valence-electron chi connectivity index (χ0n) is 20.3. The Morgan fingerprint density at radius 3 is 2.24 bits per heavy atom. The molecule has 1 heterocycles. The van der Waals surface area contributed by atoms with Crippen molar-refractivity contribution in [1.82, 2.24) is 5.32 Å². The number of anilines is 1. The molecular formula is C28H32N2O4. The molecule has 1 fully saturated rings. The maximum absolute atomic E-state index is 13.9. The van der Waals surface area contributed by atoms with Crippen molar-refractivity contribution in [3.8, 4) is 5.75 Å². The lowest BCUT2D eigenvalue weighted by molar-refractivity contribution is -0.123. The molecule has 0 saturated heterocycles. The summed E-state index contributed by atoms with van der Waals surface area (Å²) >= 11 is 0. The quantitative estimate of drug-likeness (QED) is 0.494. The molecule has 0 bridgehead atoms. The highest BCUT2D eigenvalue weighted by Crippen LogP contribution is 2.36. The zero-order valence-corrected chi connectivity index (χ0v) is 20.3. The van der Waals surface area contributed by atoms with Crippen LogP contribution in [0.5, 0.6) is 5.75 Å². The molecule has 1 aliphatic carbocycles. The van der Waals surface area contributed by atoms with Gasteiger partial charge in [0.05, 0.1) is 19.1 Å². The third kappa shape index (κ3) is 4.86. The third-order valence-corrected chi connectivity index (χ3v) is 6.47. The molecule has 0 spiro atoms. The molecule has 2 aromatic carbocycles. The van der Waals surface area contributed by atoms with Crippen LogP contribution in [0.1, 0.15) is 64.5 Å². The fraction of sp³-hybridized carbons (Fsp3) is 0.357. The number of rotatable bonds is 7. The number of benzene rings is 2. The van der Waals surface area contributed by atoms with E-state index < -0.39 is 6.04 Å². The van der Waals surface area contributed by atoms with E-state index in [1.165, 1.54) is 6.26 Å². The second kappa shape index (κ2) is 10.2. The van der Waals surface area contributed by atoms with Gasteiger partial charge in [-0.05, 0) is 74.6 Å². The standard InChI is InChI=1S/C28H32N2O4/c1-18-16-19(2)25(20(3)17-18)30(28(32)24-10-7-15-34-24)26(21-11-13-23(33-4)14-12-21)27(31)29-22-8-5-6-9-22/h7,10-17,22,26H,5-6,8-9H2,1-4H3,(H,29,31). The molecule has 6 heteroatoms. The highest BCUT2D eigenvalue weighted by atomic mass is 16.5. The molecule has 4 rings (SSSR count). The maximum Gasteiger partial charge on any atom is 0.294 e. The first kappa shape index (κ1) is 23.6. The molecule has 1 aliphatic rings. The van der Waals surface area contributed by atoms with Gasteiger partial charge in [-0.15, -0.1) is 0 Å². The van der Waals surface area contributed by atoms with Gasteiger partial charge in [0.2, 0.25) is 5.91 Å². The van der Waals surface area contributed by atoms with Crippen LogP contribution >= 0.6 is 0 Å². The summed E-state index contributed by atoms with van der Waals surface area (Å²) in [6.07, 6.45) is 5.58. The number of aryl methyl sites for hydroxylation is 3. The van der Waals surface area contributed by atoms with Gasteiger partial charge < -0.3 is 14.5 Å². The Labute approximate surface area is 200 Å². The SMILES string of the molecule is COc1ccc(C(C(=O)NC2CCCC2)N(C(=O)c2ccco2)c2c(C)cc(C)cc2C)cc1. The number of furan rings is 1. The van der Waals surface area contributed by atoms with Crippen molar-refractivity contribution in [2.45, 2.75) is 58.5 Å². The maximum atomic E-state index is 13.9. The van der Waals surface area contributed by atoms with Gasteiger partial charge in [0.25, 0.3) is 5.91 Å². The van der Waals surface area contributed by atoms with E-state index >= 15 is 0 Å². The van der Waals surface area contributed by atoms with Gasteiger partial charge in [-0.25, -0.2) is 0 Å². The lowest BCUT2D eigenvalue weighted by Crippen LogP contribution is -2.46. The minimum atomic E-state index is -0.871. The third-order valence-electron chi connectivity index (χ3n) is 6.47. The second-order valence-electron chi connectivity index (χ2n) is 9.07. The average molecular weight is 461 g/mol. The number of hydrogen-bond donors (Lipinski definition) is 1. The summed E-state index contributed by atoms with van der Waals surface area (Å²) in [5.41, 5.74) is 4.36. The molecule has 1 atom stereocenters. The van der Waals surface area contributed by atoms with Crippen LogP contribution in [0.25, 0.3) is 0 Å².